The monoisotopic (exact) mass is 398 g/mol. The van der Waals surface area contributed by atoms with E-state index in [0.717, 1.165) is 12.3 Å². The van der Waals surface area contributed by atoms with Crippen LogP contribution in [0.4, 0.5) is 0 Å². The summed E-state index contributed by atoms with van der Waals surface area (Å²) in [6.45, 7) is 5.46. The van der Waals surface area contributed by atoms with E-state index in [9.17, 15) is 13.2 Å². The highest BCUT2D eigenvalue weighted by Gasteiger charge is 2.48. The van der Waals surface area contributed by atoms with E-state index >= 15 is 0 Å². The smallest absolute Gasteiger partial charge is 0.243 e. The first-order valence-corrected chi connectivity index (χ1v) is 11.3. The Morgan fingerprint density at radius 2 is 1.77 bits per heavy atom. The van der Waals surface area contributed by atoms with Gasteiger partial charge in [0, 0.05) is 31.3 Å². The fraction of sp³-hybridized carbons (Fsp3) is 0.611. The molecule has 8 heteroatoms. The molecule has 0 N–H and O–H groups in total. The van der Waals surface area contributed by atoms with Gasteiger partial charge in [0.2, 0.25) is 15.9 Å². The van der Waals surface area contributed by atoms with E-state index in [2.05, 4.69) is 0 Å². The van der Waals surface area contributed by atoms with Gasteiger partial charge in [-0.3, -0.25) is 4.79 Å². The molecule has 2 aliphatic rings. The standard InChI is InChI=1S/C18H26N2O4S2/c1-14(2)17(21)20-12-13-25-18(20)8-10-19(11-9-18)26(22,23)16-6-4-15(24-3)5-7-16/h4-7,14H,8-13H2,1-3H3. The predicted molar refractivity (Wildman–Crippen MR) is 103 cm³/mol. The molecule has 0 radical (unpaired) electrons. The molecule has 2 saturated heterocycles. The Morgan fingerprint density at radius 3 is 2.31 bits per heavy atom. The van der Waals surface area contributed by atoms with Crippen molar-refractivity contribution < 1.29 is 17.9 Å². The van der Waals surface area contributed by atoms with E-state index in [1.54, 1.807) is 43.1 Å². The second kappa shape index (κ2) is 7.40. The zero-order chi connectivity index (χ0) is 18.9. The summed E-state index contributed by atoms with van der Waals surface area (Å²) in [6, 6.07) is 6.48. The minimum atomic E-state index is -3.52. The van der Waals surface area contributed by atoms with E-state index in [1.807, 2.05) is 18.7 Å². The van der Waals surface area contributed by atoms with Gasteiger partial charge in [-0.1, -0.05) is 13.8 Å². The Morgan fingerprint density at radius 1 is 1.15 bits per heavy atom. The molecule has 1 spiro atoms. The molecule has 1 aromatic rings. The number of carbonyl (C=O) groups excluding carboxylic acids is 1. The molecule has 0 bridgehead atoms. The first-order chi connectivity index (χ1) is 12.3. The topological polar surface area (TPSA) is 66.9 Å². The first-order valence-electron chi connectivity index (χ1n) is 8.90. The van der Waals surface area contributed by atoms with Crippen LogP contribution in [0.2, 0.25) is 0 Å². The SMILES string of the molecule is COc1ccc(S(=O)(=O)N2CCC3(CC2)SCCN3C(=O)C(C)C)cc1. The van der Waals surface area contributed by atoms with Gasteiger partial charge in [-0.25, -0.2) is 8.42 Å². The third-order valence-corrected chi connectivity index (χ3v) is 8.60. The number of thioether (sulfide) groups is 1. The number of hydrogen-bond acceptors (Lipinski definition) is 5. The van der Waals surface area contributed by atoms with Gasteiger partial charge < -0.3 is 9.64 Å². The molecule has 1 amide bonds. The second-order valence-corrected chi connectivity index (χ2v) is 10.4. The number of methoxy groups -OCH3 is 1. The molecule has 2 heterocycles. The third-order valence-electron chi connectivity index (χ3n) is 5.14. The minimum absolute atomic E-state index is 0.0355. The number of benzene rings is 1. The predicted octanol–water partition coefficient (Wildman–Crippen LogP) is 2.41. The van der Waals surface area contributed by atoms with Crippen LogP contribution in [0.15, 0.2) is 29.2 Å². The van der Waals surface area contributed by atoms with Crippen molar-refractivity contribution in [3.05, 3.63) is 24.3 Å². The molecule has 26 heavy (non-hydrogen) atoms. The molecule has 6 nitrogen and oxygen atoms in total. The summed E-state index contributed by atoms with van der Waals surface area (Å²) < 4.78 is 32.5. The number of carbonyl (C=O) groups is 1. The summed E-state index contributed by atoms with van der Waals surface area (Å²) >= 11 is 1.80. The fourth-order valence-corrected chi connectivity index (χ4v) is 6.52. The summed E-state index contributed by atoms with van der Waals surface area (Å²) in [5.41, 5.74) is 0. The lowest BCUT2D eigenvalue weighted by Crippen LogP contribution is -2.54. The molecule has 0 aromatic heterocycles. The van der Waals surface area contributed by atoms with Crippen molar-refractivity contribution in [1.82, 2.24) is 9.21 Å². The van der Waals surface area contributed by atoms with E-state index < -0.39 is 10.0 Å². The Bertz CT molecular complexity index is 754. The number of piperidine rings is 1. The van der Waals surface area contributed by atoms with Gasteiger partial charge in [0.15, 0.2) is 0 Å². The van der Waals surface area contributed by atoms with Gasteiger partial charge in [0.05, 0.1) is 16.9 Å². The van der Waals surface area contributed by atoms with Crippen LogP contribution in [-0.4, -0.2) is 60.9 Å². The fourth-order valence-electron chi connectivity index (χ4n) is 3.62. The van der Waals surface area contributed by atoms with Crippen LogP contribution in [0.25, 0.3) is 0 Å². The van der Waals surface area contributed by atoms with Crippen molar-refractivity contribution in [1.29, 1.82) is 0 Å². The van der Waals surface area contributed by atoms with Crippen LogP contribution in [0.3, 0.4) is 0 Å². The minimum Gasteiger partial charge on any atom is -0.497 e. The first kappa shape index (κ1) is 19.5. The molecule has 0 saturated carbocycles. The van der Waals surface area contributed by atoms with E-state index in [0.29, 0.717) is 31.7 Å². The van der Waals surface area contributed by atoms with Crippen molar-refractivity contribution >= 4 is 27.7 Å². The highest BCUT2D eigenvalue weighted by molar-refractivity contribution is 8.00. The maximum Gasteiger partial charge on any atom is 0.243 e. The molecule has 0 aliphatic carbocycles. The number of sulfonamides is 1. The van der Waals surface area contributed by atoms with Gasteiger partial charge in [-0.2, -0.15) is 4.31 Å². The number of nitrogens with zero attached hydrogens (tertiary/aromatic N) is 2. The Hall–Kier alpha value is -1.25. The average Bonchev–Trinajstić information content (AvgIpc) is 3.04. The maximum atomic E-state index is 12.9. The van der Waals surface area contributed by atoms with Crippen molar-refractivity contribution in [2.75, 3.05) is 32.5 Å². The third kappa shape index (κ3) is 3.46. The van der Waals surface area contributed by atoms with Crippen LogP contribution in [0.5, 0.6) is 5.75 Å². The summed E-state index contributed by atoms with van der Waals surface area (Å²) in [5, 5.41) is 0. The molecular weight excluding hydrogens is 372 g/mol. The summed E-state index contributed by atoms with van der Waals surface area (Å²) in [4.78, 5) is 14.6. The Balaban J connectivity index is 1.74. The molecule has 1 aromatic carbocycles. The van der Waals surface area contributed by atoms with Gasteiger partial charge in [0.1, 0.15) is 5.75 Å². The lowest BCUT2D eigenvalue weighted by Gasteiger charge is -2.44. The number of rotatable bonds is 4. The van der Waals surface area contributed by atoms with Crippen molar-refractivity contribution in [2.45, 2.75) is 36.5 Å². The van der Waals surface area contributed by atoms with Crippen LogP contribution in [0.1, 0.15) is 26.7 Å². The van der Waals surface area contributed by atoms with E-state index in [-0.39, 0.29) is 21.6 Å². The quantitative estimate of drug-likeness (QED) is 0.779. The summed E-state index contributed by atoms with van der Waals surface area (Å²) in [7, 11) is -1.97. The number of hydrogen-bond donors (Lipinski definition) is 0. The average molecular weight is 399 g/mol. The van der Waals surface area contributed by atoms with Crippen LogP contribution < -0.4 is 4.74 Å². The van der Waals surface area contributed by atoms with E-state index in [4.69, 9.17) is 4.74 Å². The van der Waals surface area contributed by atoms with Crippen LogP contribution in [0, 0.1) is 5.92 Å². The Kier molecular flexibility index (Phi) is 5.55. The summed E-state index contributed by atoms with van der Waals surface area (Å²) in [5.74, 6) is 1.68. The Labute approximate surface area is 159 Å². The maximum absolute atomic E-state index is 12.9. The molecule has 0 atom stereocenters. The molecule has 2 fully saturated rings. The van der Waals surface area contributed by atoms with Crippen molar-refractivity contribution in [3.8, 4) is 5.75 Å². The van der Waals surface area contributed by atoms with E-state index in [1.165, 1.54) is 4.31 Å². The van der Waals surface area contributed by atoms with Gasteiger partial charge >= 0.3 is 0 Å². The van der Waals surface area contributed by atoms with Gasteiger partial charge in [0.25, 0.3) is 0 Å². The normalized spacial score (nSPS) is 20.7. The van der Waals surface area contributed by atoms with Crippen molar-refractivity contribution in [3.63, 3.8) is 0 Å². The highest BCUT2D eigenvalue weighted by Crippen LogP contribution is 2.45. The lowest BCUT2D eigenvalue weighted by molar-refractivity contribution is -0.137. The molecule has 0 unspecified atom stereocenters. The number of ether oxygens (including phenoxy) is 1. The van der Waals surface area contributed by atoms with Gasteiger partial charge in [-0.15, -0.1) is 11.8 Å². The zero-order valence-electron chi connectivity index (χ0n) is 15.5. The molecular formula is C18H26N2O4S2. The molecule has 144 valence electrons. The summed E-state index contributed by atoms with van der Waals surface area (Å²) in [6.07, 6.45) is 1.34. The second-order valence-electron chi connectivity index (χ2n) is 7.02. The zero-order valence-corrected chi connectivity index (χ0v) is 17.1. The molecule has 3 rings (SSSR count). The van der Waals surface area contributed by atoms with Crippen molar-refractivity contribution in [2.24, 2.45) is 5.92 Å². The number of amides is 1. The van der Waals surface area contributed by atoms with Crippen LogP contribution in [-0.2, 0) is 14.8 Å². The lowest BCUT2D eigenvalue weighted by atomic mass is 10.0. The van der Waals surface area contributed by atoms with Crippen LogP contribution >= 0.6 is 11.8 Å². The molecule has 2 aliphatic heterocycles. The van der Waals surface area contributed by atoms with Gasteiger partial charge in [-0.05, 0) is 37.1 Å². The largest absolute Gasteiger partial charge is 0.497 e. The highest BCUT2D eigenvalue weighted by atomic mass is 32.2.